The van der Waals surface area contributed by atoms with Crippen LogP contribution in [0.5, 0.6) is 0 Å². The molecule has 0 aliphatic heterocycles. The smallest absolute Gasteiger partial charge is 0.340 e. The highest BCUT2D eigenvalue weighted by Crippen LogP contribution is 2.18. The van der Waals surface area contributed by atoms with Crippen LogP contribution in [0.1, 0.15) is 15.9 Å². The van der Waals surface area contributed by atoms with Crippen molar-refractivity contribution in [3.8, 4) is 0 Å². The zero-order valence-electron chi connectivity index (χ0n) is 10.2. The van der Waals surface area contributed by atoms with Crippen LogP contribution in [0.15, 0.2) is 36.4 Å². The quantitative estimate of drug-likeness (QED) is 0.696. The van der Waals surface area contributed by atoms with Gasteiger partial charge in [-0.2, -0.15) is 0 Å². The summed E-state index contributed by atoms with van der Waals surface area (Å²) in [5.74, 6) is -1.85. The maximum atomic E-state index is 13.4. The Morgan fingerprint density at radius 1 is 1.20 bits per heavy atom. The highest BCUT2D eigenvalue weighted by molar-refractivity contribution is 6.30. The Balaban J connectivity index is 2.10. The molecular formula is C14H10ClF2NO2. The van der Waals surface area contributed by atoms with Gasteiger partial charge in [-0.15, -0.1) is 0 Å². The van der Waals surface area contributed by atoms with Gasteiger partial charge in [0.15, 0.2) is 0 Å². The Kier molecular flexibility index (Phi) is 4.20. The summed E-state index contributed by atoms with van der Waals surface area (Å²) in [6, 6.07) is 7.24. The van der Waals surface area contributed by atoms with Crippen LogP contribution in [0.3, 0.4) is 0 Å². The van der Waals surface area contributed by atoms with Gasteiger partial charge >= 0.3 is 5.97 Å². The van der Waals surface area contributed by atoms with E-state index in [4.69, 9.17) is 22.1 Å². The molecule has 0 saturated heterocycles. The van der Waals surface area contributed by atoms with Gasteiger partial charge in [-0.25, -0.2) is 13.6 Å². The molecule has 0 aliphatic rings. The Bertz CT molecular complexity index is 662. The minimum absolute atomic E-state index is 0.0221. The van der Waals surface area contributed by atoms with E-state index in [9.17, 15) is 13.6 Å². The van der Waals surface area contributed by atoms with Crippen molar-refractivity contribution < 1.29 is 18.3 Å². The van der Waals surface area contributed by atoms with Gasteiger partial charge in [-0.3, -0.25) is 0 Å². The van der Waals surface area contributed by atoms with E-state index in [-0.39, 0.29) is 23.4 Å². The second-order valence-electron chi connectivity index (χ2n) is 4.04. The van der Waals surface area contributed by atoms with E-state index in [0.717, 1.165) is 12.1 Å². The Morgan fingerprint density at radius 3 is 2.65 bits per heavy atom. The van der Waals surface area contributed by atoms with E-state index in [0.29, 0.717) is 5.02 Å². The summed E-state index contributed by atoms with van der Waals surface area (Å²) in [6.07, 6.45) is 0. The second kappa shape index (κ2) is 5.88. The van der Waals surface area contributed by atoms with Gasteiger partial charge in [-0.05, 0) is 36.4 Å². The molecule has 2 rings (SSSR count). The lowest BCUT2D eigenvalue weighted by atomic mass is 10.2. The average molecular weight is 298 g/mol. The molecule has 0 heterocycles. The van der Waals surface area contributed by atoms with E-state index in [2.05, 4.69) is 0 Å². The zero-order valence-corrected chi connectivity index (χ0v) is 11.0. The van der Waals surface area contributed by atoms with Crippen molar-refractivity contribution in [3.63, 3.8) is 0 Å². The fourth-order valence-electron chi connectivity index (χ4n) is 1.59. The molecule has 0 unspecified atom stereocenters. The Labute approximate surface area is 118 Å². The van der Waals surface area contributed by atoms with Crippen LogP contribution in [-0.2, 0) is 11.3 Å². The number of esters is 1. The SMILES string of the molecule is Nc1cc(F)ccc1C(=O)OCc1cc(Cl)ccc1F. The zero-order chi connectivity index (χ0) is 14.7. The summed E-state index contributed by atoms with van der Waals surface area (Å²) in [4.78, 5) is 11.8. The minimum atomic E-state index is -0.762. The first-order chi connectivity index (χ1) is 9.47. The minimum Gasteiger partial charge on any atom is -0.457 e. The number of halogens is 3. The fourth-order valence-corrected chi connectivity index (χ4v) is 1.79. The van der Waals surface area contributed by atoms with Crippen LogP contribution in [0.25, 0.3) is 0 Å². The number of nitrogens with two attached hydrogens (primary N) is 1. The van der Waals surface area contributed by atoms with Crippen LogP contribution in [0, 0.1) is 11.6 Å². The molecule has 0 saturated carbocycles. The van der Waals surface area contributed by atoms with E-state index in [1.54, 1.807) is 0 Å². The fraction of sp³-hybridized carbons (Fsp3) is 0.0714. The van der Waals surface area contributed by atoms with Crippen molar-refractivity contribution in [1.82, 2.24) is 0 Å². The lowest BCUT2D eigenvalue weighted by Crippen LogP contribution is -2.09. The van der Waals surface area contributed by atoms with Gasteiger partial charge in [0.05, 0.1) is 5.56 Å². The molecule has 20 heavy (non-hydrogen) atoms. The Morgan fingerprint density at radius 2 is 1.95 bits per heavy atom. The summed E-state index contributed by atoms with van der Waals surface area (Å²) >= 11 is 5.72. The standard InChI is InChI=1S/C14H10ClF2NO2/c15-9-1-4-12(17)8(5-9)7-20-14(19)11-3-2-10(16)6-13(11)18/h1-6H,7,18H2. The van der Waals surface area contributed by atoms with Gasteiger partial charge in [0, 0.05) is 16.3 Å². The number of benzene rings is 2. The van der Waals surface area contributed by atoms with Crippen LogP contribution >= 0.6 is 11.6 Å². The molecule has 0 fully saturated rings. The summed E-state index contributed by atoms with van der Waals surface area (Å²) in [5.41, 5.74) is 5.64. The van der Waals surface area contributed by atoms with Gasteiger partial charge in [-0.1, -0.05) is 11.6 Å². The highest BCUT2D eigenvalue weighted by atomic mass is 35.5. The highest BCUT2D eigenvalue weighted by Gasteiger charge is 2.13. The number of hydrogen-bond acceptors (Lipinski definition) is 3. The largest absolute Gasteiger partial charge is 0.457 e. The maximum Gasteiger partial charge on any atom is 0.340 e. The summed E-state index contributed by atoms with van der Waals surface area (Å²) < 4.78 is 31.2. The van der Waals surface area contributed by atoms with Gasteiger partial charge in [0.2, 0.25) is 0 Å². The Hall–Kier alpha value is -2.14. The summed E-state index contributed by atoms with van der Waals surface area (Å²) in [6.45, 7) is -0.290. The first kappa shape index (κ1) is 14.3. The van der Waals surface area contributed by atoms with E-state index < -0.39 is 17.6 Å². The van der Waals surface area contributed by atoms with Crippen LogP contribution < -0.4 is 5.73 Å². The molecule has 104 valence electrons. The molecule has 0 spiro atoms. The molecule has 0 bridgehead atoms. The molecular weight excluding hydrogens is 288 g/mol. The third-order valence-electron chi connectivity index (χ3n) is 2.60. The second-order valence-corrected chi connectivity index (χ2v) is 4.48. The van der Waals surface area contributed by atoms with E-state index in [1.165, 1.54) is 24.3 Å². The third kappa shape index (κ3) is 3.24. The van der Waals surface area contributed by atoms with Crippen molar-refractivity contribution in [2.24, 2.45) is 0 Å². The van der Waals surface area contributed by atoms with Crippen LogP contribution in [0.4, 0.5) is 14.5 Å². The molecule has 0 radical (unpaired) electrons. The molecule has 2 aromatic carbocycles. The van der Waals surface area contributed by atoms with Gasteiger partial charge in [0.1, 0.15) is 18.2 Å². The molecule has 0 atom stereocenters. The molecule has 2 N–H and O–H groups in total. The number of carbonyl (C=O) groups excluding carboxylic acids is 1. The number of hydrogen-bond donors (Lipinski definition) is 1. The van der Waals surface area contributed by atoms with Crippen molar-refractivity contribution in [1.29, 1.82) is 0 Å². The maximum absolute atomic E-state index is 13.4. The lowest BCUT2D eigenvalue weighted by Gasteiger charge is -2.08. The molecule has 3 nitrogen and oxygen atoms in total. The topological polar surface area (TPSA) is 52.3 Å². The summed E-state index contributed by atoms with van der Waals surface area (Å²) in [5, 5.41) is 0.332. The van der Waals surface area contributed by atoms with Crippen molar-refractivity contribution in [3.05, 3.63) is 64.2 Å². The third-order valence-corrected chi connectivity index (χ3v) is 2.84. The van der Waals surface area contributed by atoms with E-state index >= 15 is 0 Å². The molecule has 6 heteroatoms. The number of rotatable bonds is 3. The van der Waals surface area contributed by atoms with Gasteiger partial charge < -0.3 is 10.5 Å². The predicted molar refractivity (Wildman–Crippen MR) is 71.3 cm³/mol. The first-order valence-electron chi connectivity index (χ1n) is 5.63. The predicted octanol–water partition coefficient (Wildman–Crippen LogP) is 3.56. The number of anilines is 1. The van der Waals surface area contributed by atoms with Crippen molar-refractivity contribution >= 4 is 23.3 Å². The van der Waals surface area contributed by atoms with Crippen LogP contribution in [-0.4, -0.2) is 5.97 Å². The molecule has 2 aromatic rings. The molecule has 0 aliphatic carbocycles. The average Bonchev–Trinajstić information content (AvgIpc) is 2.39. The normalized spacial score (nSPS) is 10.3. The van der Waals surface area contributed by atoms with E-state index in [1.807, 2.05) is 0 Å². The summed E-state index contributed by atoms with van der Waals surface area (Å²) in [7, 11) is 0. The first-order valence-corrected chi connectivity index (χ1v) is 6.01. The van der Waals surface area contributed by atoms with Gasteiger partial charge in [0.25, 0.3) is 0 Å². The molecule has 0 amide bonds. The lowest BCUT2D eigenvalue weighted by molar-refractivity contribution is 0.0470. The number of ether oxygens (including phenoxy) is 1. The monoisotopic (exact) mass is 297 g/mol. The number of nitrogen functional groups attached to an aromatic ring is 1. The van der Waals surface area contributed by atoms with Crippen LogP contribution in [0.2, 0.25) is 5.02 Å². The van der Waals surface area contributed by atoms with Crippen molar-refractivity contribution in [2.75, 3.05) is 5.73 Å². The number of carbonyl (C=O) groups is 1. The molecule has 0 aromatic heterocycles. The van der Waals surface area contributed by atoms with Crippen molar-refractivity contribution in [2.45, 2.75) is 6.61 Å².